The molecule has 2 N–H and O–H groups in total. The topological polar surface area (TPSA) is 83.0 Å². The SMILES string of the molecule is COC(N)CCn1ccc2cc(-c3ncc(C(F)(F)F)cn3)c(F)cc2c1=O. The smallest absolute Gasteiger partial charge is 0.367 e. The summed E-state index contributed by atoms with van der Waals surface area (Å²) in [5.41, 5.74) is 4.10. The molecule has 2 aromatic heterocycles. The molecule has 0 spiro atoms. The minimum absolute atomic E-state index is 0.0974. The van der Waals surface area contributed by atoms with Crippen LogP contribution in [0.25, 0.3) is 22.2 Å². The number of methoxy groups -OCH3 is 1. The Hall–Kier alpha value is -2.85. The molecule has 0 aliphatic heterocycles. The van der Waals surface area contributed by atoms with Gasteiger partial charge in [-0.05, 0) is 23.6 Å². The molecule has 10 heteroatoms. The zero-order chi connectivity index (χ0) is 20.5. The summed E-state index contributed by atoms with van der Waals surface area (Å²) < 4.78 is 58.7. The third kappa shape index (κ3) is 4.02. The molecule has 148 valence electrons. The van der Waals surface area contributed by atoms with Crippen molar-refractivity contribution in [3.05, 3.63) is 58.5 Å². The Labute approximate surface area is 156 Å². The maximum Gasteiger partial charge on any atom is 0.419 e. The first kappa shape index (κ1) is 19.9. The van der Waals surface area contributed by atoms with Crippen LogP contribution in [0.5, 0.6) is 0 Å². The number of nitrogens with zero attached hydrogens (tertiary/aromatic N) is 3. The van der Waals surface area contributed by atoms with Gasteiger partial charge in [0.05, 0.1) is 16.5 Å². The molecule has 0 aliphatic carbocycles. The average Bonchev–Trinajstić information content (AvgIpc) is 2.66. The minimum atomic E-state index is -4.59. The number of fused-ring (bicyclic) bond motifs is 1. The van der Waals surface area contributed by atoms with Gasteiger partial charge in [-0.3, -0.25) is 4.79 Å². The maximum atomic E-state index is 14.5. The Morgan fingerprint density at radius 2 is 1.93 bits per heavy atom. The van der Waals surface area contributed by atoms with Crippen LogP contribution >= 0.6 is 0 Å². The summed E-state index contributed by atoms with van der Waals surface area (Å²) in [4.78, 5) is 19.7. The number of rotatable bonds is 5. The summed E-state index contributed by atoms with van der Waals surface area (Å²) in [6.07, 6.45) is -2.02. The van der Waals surface area contributed by atoms with Crippen molar-refractivity contribution < 1.29 is 22.3 Å². The minimum Gasteiger partial charge on any atom is -0.367 e. The van der Waals surface area contributed by atoms with Crippen molar-refractivity contribution in [3.8, 4) is 11.4 Å². The Morgan fingerprint density at radius 1 is 1.25 bits per heavy atom. The number of halogens is 4. The van der Waals surface area contributed by atoms with Crippen molar-refractivity contribution in [2.24, 2.45) is 5.73 Å². The lowest BCUT2D eigenvalue weighted by Gasteiger charge is -2.12. The Balaban J connectivity index is 1.98. The van der Waals surface area contributed by atoms with Crippen LogP contribution in [0.15, 0.2) is 41.6 Å². The molecule has 0 amide bonds. The first-order chi connectivity index (χ1) is 13.2. The second-order valence-electron chi connectivity index (χ2n) is 6.09. The molecule has 0 aliphatic rings. The van der Waals surface area contributed by atoms with Gasteiger partial charge in [-0.2, -0.15) is 13.2 Å². The Morgan fingerprint density at radius 3 is 2.54 bits per heavy atom. The highest BCUT2D eigenvalue weighted by molar-refractivity contribution is 5.85. The molecule has 1 aromatic carbocycles. The number of aromatic nitrogens is 3. The molecule has 0 bridgehead atoms. The fourth-order valence-corrected chi connectivity index (χ4v) is 2.65. The first-order valence-electron chi connectivity index (χ1n) is 8.21. The van der Waals surface area contributed by atoms with Gasteiger partial charge >= 0.3 is 6.18 Å². The van der Waals surface area contributed by atoms with E-state index in [2.05, 4.69) is 9.97 Å². The first-order valence-corrected chi connectivity index (χ1v) is 8.21. The van der Waals surface area contributed by atoms with E-state index in [0.29, 0.717) is 24.2 Å². The summed E-state index contributed by atoms with van der Waals surface area (Å²) in [7, 11) is 1.45. The number of ether oxygens (including phenoxy) is 1. The van der Waals surface area contributed by atoms with E-state index in [9.17, 15) is 22.4 Å². The second-order valence-corrected chi connectivity index (χ2v) is 6.09. The van der Waals surface area contributed by atoms with Crippen molar-refractivity contribution in [1.82, 2.24) is 14.5 Å². The number of pyridine rings is 1. The number of nitrogens with two attached hydrogens (primary N) is 1. The van der Waals surface area contributed by atoms with Crippen molar-refractivity contribution in [3.63, 3.8) is 0 Å². The quantitative estimate of drug-likeness (QED) is 0.530. The number of hydrogen-bond donors (Lipinski definition) is 1. The van der Waals surface area contributed by atoms with Gasteiger partial charge in [0.25, 0.3) is 5.56 Å². The van der Waals surface area contributed by atoms with E-state index in [1.54, 1.807) is 6.07 Å². The summed E-state index contributed by atoms with van der Waals surface area (Å²) in [5, 5.41) is 0.541. The summed E-state index contributed by atoms with van der Waals surface area (Å²) in [5.74, 6) is -1.02. The molecule has 6 nitrogen and oxygen atoms in total. The van der Waals surface area contributed by atoms with Crippen LogP contribution in [-0.2, 0) is 17.5 Å². The van der Waals surface area contributed by atoms with Gasteiger partial charge in [0, 0.05) is 38.7 Å². The van der Waals surface area contributed by atoms with E-state index in [0.717, 1.165) is 6.07 Å². The molecule has 2 heterocycles. The predicted molar refractivity (Wildman–Crippen MR) is 93.8 cm³/mol. The summed E-state index contributed by atoms with van der Waals surface area (Å²) >= 11 is 0. The number of aryl methyl sites for hydroxylation is 1. The molecule has 0 fully saturated rings. The summed E-state index contributed by atoms with van der Waals surface area (Å²) in [6, 6.07) is 3.96. The number of alkyl halides is 3. The van der Waals surface area contributed by atoms with E-state index >= 15 is 0 Å². The van der Waals surface area contributed by atoms with Gasteiger partial charge in [0.1, 0.15) is 12.0 Å². The van der Waals surface area contributed by atoms with Crippen LogP contribution in [-0.4, -0.2) is 27.9 Å². The van der Waals surface area contributed by atoms with Gasteiger partial charge in [-0.25, -0.2) is 14.4 Å². The highest BCUT2D eigenvalue weighted by Gasteiger charge is 2.31. The highest BCUT2D eigenvalue weighted by Crippen LogP contribution is 2.29. The van der Waals surface area contributed by atoms with Crippen LogP contribution in [0.1, 0.15) is 12.0 Å². The van der Waals surface area contributed by atoms with Crippen LogP contribution < -0.4 is 11.3 Å². The van der Waals surface area contributed by atoms with Gasteiger partial charge in [-0.1, -0.05) is 0 Å². The number of hydrogen-bond acceptors (Lipinski definition) is 5. The average molecular weight is 396 g/mol. The summed E-state index contributed by atoms with van der Waals surface area (Å²) in [6.45, 7) is 0.287. The standard InChI is InChI=1S/C18H16F4N4O2/c1-28-15(23)3-5-26-4-2-10-6-13(14(19)7-12(10)17(26)27)16-24-8-11(9-25-16)18(20,21)22/h2,4,6-9,15H,3,5,23H2,1H3. The molecule has 3 rings (SSSR count). The van der Waals surface area contributed by atoms with Crippen LogP contribution in [0.3, 0.4) is 0 Å². The van der Waals surface area contributed by atoms with E-state index in [1.807, 2.05) is 0 Å². The van der Waals surface area contributed by atoms with Crippen LogP contribution in [0.2, 0.25) is 0 Å². The van der Waals surface area contributed by atoms with E-state index in [1.165, 1.54) is 23.9 Å². The lowest BCUT2D eigenvalue weighted by atomic mass is 10.1. The molecule has 0 saturated heterocycles. The predicted octanol–water partition coefficient (Wildman–Crippen LogP) is 2.94. The van der Waals surface area contributed by atoms with Crippen LogP contribution in [0, 0.1) is 5.82 Å². The Kier molecular flexibility index (Phi) is 5.43. The monoisotopic (exact) mass is 396 g/mol. The fraction of sp³-hybridized carbons (Fsp3) is 0.278. The van der Waals surface area contributed by atoms with Gasteiger partial charge in [0.2, 0.25) is 0 Å². The normalized spacial score (nSPS) is 13.1. The highest BCUT2D eigenvalue weighted by atomic mass is 19.4. The lowest BCUT2D eigenvalue weighted by molar-refractivity contribution is -0.138. The van der Waals surface area contributed by atoms with Crippen molar-refractivity contribution in [2.45, 2.75) is 25.4 Å². The van der Waals surface area contributed by atoms with E-state index < -0.39 is 29.3 Å². The third-order valence-electron chi connectivity index (χ3n) is 4.24. The molecule has 0 saturated carbocycles. The van der Waals surface area contributed by atoms with Gasteiger partial charge in [-0.15, -0.1) is 0 Å². The van der Waals surface area contributed by atoms with Gasteiger partial charge < -0.3 is 15.0 Å². The van der Waals surface area contributed by atoms with Crippen molar-refractivity contribution in [2.75, 3.05) is 7.11 Å². The molecule has 1 unspecified atom stereocenters. The van der Waals surface area contributed by atoms with E-state index in [4.69, 9.17) is 10.5 Å². The molecule has 28 heavy (non-hydrogen) atoms. The molecule has 1 atom stereocenters. The number of benzene rings is 1. The molecular formula is C18H16F4N4O2. The Bertz CT molecular complexity index is 1050. The fourth-order valence-electron chi connectivity index (χ4n) is 2.65. The zero-order valence-corrected chi connectivity index (χ0v) is 14.7. The van der Waals surface area contributed by atoms with Gasteiger partial charge in [0.15, 0.2) is 5.82 Å². The molecule has 3 aromatic rings. The second kappa shape index (κ2) is 7.64. The van der Waals surface area contributed by atoms with Crippen LogP contribution in [0.4, 0.5) is 17.6 Å². The van der Waals surface area contributed by atoms with Crippen molar-refractivity contribution >= 4 is 10.8 Å². The van der Waals surface area contributed by atoms with E-state index in [-0.39, 0.29) is 23.3 Å². The van der Waals surface area contributed by atoms with Crippen molar-refractivity contribution in [1.29, 1.82) is 0 Å². The maximum absolute atomic E-state index is 14.5. The third-order valence-corrected chi connectivity index (χ3v) is 4.24. The lowest BCUT2D eigenvalue weighted by Crippen LogP contribution is -2.27. The zero-order valence-electron chi connectivity index (χ0n) is 14.7. The largest absolute Gasteiger partial charge is 0.419 e. The molecule has 0 radical (unpaired) electrons. The molecular weight excluding hydrogens is 380 g/mol.